The molecule has 2 aromatic heterocycles. The van der Waals surface area contributed by atoms with Gasteiger partial charge in [-0.3, -0.25) is 0 Å². The van der Waals surface area contributed by atoms with Crippen molar-refractivity contribution in [3.05, 3.63) is 33.0 Å². The predicted octanol–water partition coefficient (Wildman–Crippen LogP) is 3.85. The number of anilines is 1. The first-order valence-corrected chi connectivity index (χ1v) is 10.0. The standard InChI is InChI=1S/C17H24N4OS2/c1-11-10-15(13(3)24-11)12(2)19-16(22)20-14-4-7-21(8-5-14)17-18-6-9-23-17/h6,9-10,12,14H,4-5,7-8H2,1-3H3,(H2,19,20,22). The quantitative estimate of drug-likeness (QED) is 0.866. The van der Waals surface area contributed by atoms with E-state index in [1.54, 1.807) is 22.7 Å². The Morgan fingerprint density at radius 1 is 1.38 bits per heavy atom. The highest BCUT2D eigenvalue weighted by Gasteiger charge is 2.23. The number of thiophene rings is 1. The monoisotopic (exact) mass is 364 g/mol. The zero-order valence-corrected chi connectivity index (χ0v) is 16.0. The molecule has 2 N–H and O–H groups in total. The minimum atomic E-state index is -0.0709. The van der Waals surface area contributed by atoms with Crippen LogP contribution in [0.4, 0.5) is 9.93 Å². The summed E-state index contributed by atoms with van der Waals surface area (Å²) in [6, 6.07) is 2.36. The smallest absolute Gasteiger partial charge is 0.315 e. The van der Waals surface area contributed by atoms with Crippen molar-refractivity contribution >= 4 is 33.8 Å². The van der Waals surface area contributed by atoms with Gasteiger partial charge in [-0.2, -0.15) is 0 Å². The van der Waals surface area contributed by atoms with Crippen LogP contribution in [0.5, 0.6) is 0 Å². The molecule has 2 aromatic rings. The molecule has 7 heteroatoms. The number of carbonyl (C=O) groups excluding carboxylic acids is 1. The maximum absolute atomic E-state index is 12.3. The number of carbonyl (C=O) groups is 1. The highest BCUT2D eigenvalue weighted by Crippen LogP contribution is 2.26. The fraction of sp³-hybridized carbons (Fsp3) is 0.529. The molecule has 1 atom stereocenters. The normalized spacial score (nSPS) is 16.9. The van der Waals surface area contributed by atoms with Crippen LogP contribution < -0.4 is 15.5 Å². The zero-order valence-electron chi connectivity index (χ0n) is 14.3. The van der Waals surface area contributed by atoms with Crippen molar-refractivity contribution in [3.63, 3.8) is 0 Å². The van der Waals surface area contributed by atoms with Crippen LogP contribution in [-0.4, -0.2) is 30.1 Å². The summed E-state index contributed by atoms with van der Waals surface area (Å²) in [6.07, 6.45) is 3.75. The van der Waals surface area contributed by atoms with Gasteiger partial charge in [-0.1, -0.05) is 0 Å². The largest absolute Gasteiger partial charge is 0.348 e. The molecule has 0 aliphatic carbocycles. The molecule has 0 saturated carbocycles. The third kappa shape index (κ3) is 4.08. The van der Waals surface area contributed by atoms with E-state index in [-0.39, 0.29) is 18.1 Å². The van der Waals surface area contributed by atoms with Gasteiger partial charge >= 0.3 is 6.03 Å². The number of rotatable bonds is 4. The minimum absolute atomic E-state index is 0.0327. The van der Waals surface area contributed by atoms with E-state index >= 15 is 0 Å². The number of aromatic nitrogens is 1. The molecule has 0 spiro atoms. The van der Waals surface area contributed by atoms with Crippen LogP contribution >= 0.6 is 22.7 Å². The number of hydrogen-bond donors (Lipinski definition) is 2. The summed E-state index contributed by atoms with van der Waals surface area (Å²) in [7, 11) is 0. The summed E-state index contributed by atoms with van der Waals surface area (Å²) in [5.41, 5.74) is 1.21. The topological polar surface area (TPSA) is 57.3 Å². The molecular formula is C17H24N4OS2. The number of hydrogen-bond acceptors (Lipinski definition) is 5. The first-order valence-electron chi connectivity index (χ1n) is 8.31. The molecule has 0 bridgehead atoms. The predicted molar refractivity (Wildman–Crippen MR) is 101 cm³/mol. The van der Waals surface area contributed by atoms with Gasteiger partial charge in [0.25, 0.3) is 0 Å². The average Bonchev–Trinajstić information content (AvgIpc) is 3.17. The Balaban J connectivity index is 1.46. The van der Waals surface area contributed by atoms with Gasteiger partial charge < -0.3 is 15.5 Å². The Hall–Kier alpha value is -1.60. The van der Waals surface area contributed by atoms with Crippen molar-refractivity contribution in [2.45, 2.75) is 45.7 Å². The van der Waals surface area contributed by atoms with Crippen LogP contribution in [0.25, 0.3) is 0 Å². The minimum Gasteiger partial charge on any atom is -0.348 e. The highest BCUT2D eigenvalue weighted by atomic mass is 32.1. The number of thiazole rings is 1. The summed E-state index contributed by atoms with van der Waals surface area (Å²) in [4.78, 5) is 21.5. The third-order valence-corrected chi connectivity index (χ3v) is 6.23. The lowest BCUT2D eigenvalue weighted by Crippen LogP contribution is -2.48. The number of aryl methyl sites for hydroxylation is 2. The van der Waals surface area contributed by atoms with E-state index in [1.165, 1.54) is 15.3 Å². The van der Waals surface area contributed by atoms with Crippen LogP contribution in [0.15, 0.2) is 17.6 Å². The SMILES string of the molecule is Cc1cc(C(C)NC(=O)NC2CCN(c3nccs3)CC2)c(C)s1. The lowest BCUT2D eigenvalue weighted by Gasteiger charge is -2.32. The second-order valence-electron chi connectivity index (χ2n) is 6.28. The second-order valence-corrected chi connectivity index (χ2v) is 8.62. The molecule has 3 rings (SSSR count). The van der Waals surface area contributed by atoms with Gasteiger partial charge in [0.2, 0.25) is 0 Å². The van der Waals surface area contributed by atoms with Crippen LogP contribution in [0.2, 0.25) is 0 Å². The van der Waals surface area contributed by atoms with Crippen molar-refractivity contribution in [1.82, 2.24) is 15.6 Å². The molecule has 1 aliphatic rings. The van der Waals surface area contributed by atoms with E-state index < -0.39 is 0 Å². The third-order valence-electron chi connectivity index (χ3n) is 4.41. The highest BCUT2D eigenvalue weighted by molar-refractivity contribution is 7.13. The summed E-state index contributed by atoms with van der Waals surface area (Å²) in [5, 5.41) is 9.27. The first kappa shape index (κ1) is 17.2. The van der Waals surface area contributed by atoms with Gasteiger partial charge in [-0.25, -0.2) is 9.78 Å². The zero-order chi connectivity index (χ0) is 17.1. The van der Waals surface area contributed by atoms with E-state index in [1.807, 2.05) is 18.5 Å². The number of amides is 2. The number of urea groups is 1. The number of nitrogens with zero attached hydrogens (tertiary/aromatic N) is 2. The molecule has 130 valence electrons. The van der Waals surface area contributed by atoms with Gasteiger partial charge in [-0.05, 0) is 45.2 Å². The van der Waals surface area contributed by atoms with Crippen LogP contribution in [0, 0.1) is 13.8 Å². The number of nitrogens with one attached hydrogen (secondary N) is 2. The van der Waals surface area contributed by atoms with Gasteiger partial charge in [0, 0.05) is 40.5 Å². The molecular weight excluding hydrogens is 340 g/mol. The van der Waals surface area contributed by atoms with Crippen molar-refractivity contribution < 1.29 is 4.79 Å². The summed E-state index contributed by atoms with van der Waals surface area (Å²) in [5.74, 6) is 0. The van der Waals surface area contributed by atoms with Crippen molar-refractivity contribution in [3.8, 4) is 0 Å². The van der Waals surface area contributed by atoms with Gasteiger partial charge in [0.05, 0.1) is 6.04 Å². The maximum Gasteiger partial charge on any atom is 0.315 e. The fourth-order valence-corrected chi connectivity index (χ4v) is 4.89. The van der Waals surface area contributed by atoms with Gasteiger partial charge in [0.1, 0.15) is 0 Å². The van der Waals surface area contributed by atoms with E-state index in [2.05, 4.69) is 40.4 Å². The summed E-state index contributed by atoms with van der Waals surface area (Å²) >= 11 is 3.45. The average molecular weight is 365 g/mol. The Morgan fingerprint density at radius 3 is 2.71 bits per heavy atom. The molecule has 1 saturated heterocycles. The molecule has 24 heavy (non-hydrogen) atoms. The van der Waals surface area contributed by atoms with Crippen LogP contribution in [0.1, 0.15) is 41.1 Å². The van der Waals surface area contributed by atoms with Gasteiger partial charge in [-0.15, -0.1) is 22.7 Å². The molecule has 3 heterocycles. The van der Waals surface area contributed by atoms with Crippen LogP contribution in [0.3, 0.4) is 0 Å². The van der Waals surface area contributed by atoms with E-state index in [0.29, 0.717) is 0 Å². The summed E-state index contributed by atoms with van der Waals surface area (Å²) in [6.45, 7) is 8.13. The molecule has 0 aromatic carbocycles. The Morgan fingerprint density at radius 2 is 2.12 bits per heavy atom. The molecule has 1 fully saturated rings. The van der Waals surface area contributed by atoms with E-state index in [0.717, 1.165) is 31.1 Å². The molecule has 1 aliphatic heterocycles. The first-order chi connectivity index (χ1) is 11.5. The van der Waals surface area contributed by atoms with Crippen molar-refractivity contribution in [2.75, 3.05) is 18.0 Å². The molecule has 1 unspecified atom stereocenters. The second kappa shape index (κ2) is 7.53. The van der Waals surface area contributed by atoms with E-state index in [9.17, 15) is 4.79 Å². The number of piperidine rings is 1. The lowest BCUT2D eigenvalue weighted by atomic mass is 10.1. The van der Waals surface area contributed by atoms with Crippen molar-refractivity contribution in [1.29, 1.82) is 0 Å². The van der Waals surface area contributed by atoms with Gasteiger partial charge in [0.15, 0.2) is 5.13 Å². The van der Waals surface area contributed by atoms with Crippen LogP contribution in [-0.2, 0) is 0 Å². The maximum atomic E-state index is 12.3. The summed E-state index contributed by atoms with van der Waals surface area (Å²) < 4.78 is 0. The molecule has 5 nitrogen and oxygen atoms in total. The molecule has 0 radical (unpaired) electrons. The Labute approximate surface area is 151 Å². The van der Waals surface area contributed by atoms with E-state index in [4.69, 9.17) is 0 Å². The lowest BCUT2D eigenvalue weighted by molar-refractivity contribution is 0.231. The molecule has 2 amide bonds. The Bertz CT molecular complexity index is 675. The Kier molecular flexibility index (Phi) is 5.40. The van der Waals surface area contributed by atoms with Crippen molar-refractivity contribution in [2.24, 2.45) is 0 Å². The fourth-order valence-electron chi connectivity index (χ4n) is 3.17.